The Morgan fingerprint density at radius 1 is 0.944 bits per heavy atom. The number of aliphatic hydroxyl groups is 3. The maximum atomic E-state index is 13.8. The monoisotopic (exact) mass is 746 g/mol. The van der Waals surface area contributed by atoms with E-state index >= 15 is 0 Å². The maximum absolute atomic E-state index is 13.8. The highest BCUT2D eigenvalue weighted by molar-refractivity contribution is 5.86. The van der Waals surface area contributed by atoms with Crippen LogP contribution in [0.2, 0.25) is 0 Å². The van der Waals surface area contributed by atoms with E-state index < -0.39 is 66.9 Å². The number of hydrogen-bond acceptors (Lipinski definition) is 13. The summed E-state index contributed by atoms with van der Waals surface area (Å²) in [6.07, 6.45) is -3.36. The molecule has 288 valence electrons. The van der Waals surface area contributed by atoms with Crippen LogP contribution in [0, 0.1) is 0 Å². The van der Waals surface area contributed by atoms with Crippen LogP contribution in [-0.2, 0) is 19.0 Å². The van der Waals surface area contributed by atoms with Crippen molar-refractivity contribution in [3.8, 4) is 11.1 Å². The molecule has 0 radical (unpaired) electrons. The zero-order chi connectivity index (χ0) is 38.4. The van der Waals surface area contributed by atoms with Crippen LogP contribution in [0.3, 0.4) is 0 Å². The first-order valence-corrected chi connectivity index (χ1v) is 17.8. The van der Waals surface area contributed by atoms with Gasteiger partial charge in [0, 0.05) is 12.5 Å². The molecule has 0 spiro atoms. The number of carbonyl (C=O) groups excluding carboxylic acids is 3. The fraction of sp³-hybridized carbons (Fsp3) is 0.459. The summed E-state index contributed by atoms with van der Waals surface area (Å²) >= 11 is 0. The molecule has 6 rings (SSSR count). The van der Waals surface area contributed by atoms with Crippen LogP contribution in [0.1, 0.15) is 57.1 Å². The summed E-state index contributed by atoms with van der Waals surface area (Å²) in [6.45, 7) is 4.92. The summed E-state index contributed by atoms with van der Waals surface area (Å²) in [4.78, 5) is 54.4. The van der Waals surface area contributed by atoms with Gasteiger partial charge in [0.15, 0.2) is 17.7 Å². The number of alkyl carbamates (subject to hydrolysis) is 2. The minimum absolute atomic E-state index is 0.0214. The number of H-pyrrole nitrogens is 1. The molecule has 4 aromatic rings. The lowest BCUT2D eigenvalue weighted by atomic mass is 9.94. The lowest BCUT2D eigenvalue weighted by Crippen LogP contribution is -2.67. The van der Waals surface area contributed by atoms with E-state index in [-0.39, 0.29) is 31.3 Å². The first-order valence-electron chi connectivity index (χ1n) is 17.8. The molecule has 3 amide bonds. The average Bonchev–Trinajstić information content (AvgIpc) is 3.76. The number of benzene rings is 2. The Balaban J connectivity index is 1.11. The Hall–Kier alpha value is -5.36. The number of aromatic amines is 1. The summed E-state index contributed by atoms with van der Waals surface area (Å²) in [5.74, 6) is -0.673. The number of carbonyl (C=O) groups is 3. The smallest absolute Gasteiger partial charge is 0.407 e. The highest BCUT2D eigenvalue weighted by Crippen LogP contribution is 2.44. The molecule has 2 aromatic carbocycles. The van der Waals surface area contributed by atoms with Crippen molar-refractivity contribution in [2.75, 3.05) is 25.1 Å². The lowest BCUT2D eigenvalue weighted by Gasteiger charge is -2.43. The molecule has 1 aliphatic heterocycles. The molecule has 3 heterocycles. The number of aliphatic hydroxyl groups excluding tert-OH is 3. The number of amides is 3. The molecule has 0 unspecified atom stereocenters. The quantitative estimate of drug-likeness (QED) is 0.0918. The fourth-order valence-electron chi connectivity index (χ4n) is 6.72. The van der Waals surface area contributed by atoms with Gasteiger partial charge in [-0.1, -0.05) is 48.5 Å². The predicted octanol–water partition coefficient (Wildman–Crippen LogP) is 2.29. The molecule has 1 aliphatic carbocycles. The number of hydrogen-bond donors (Lipinski definition) is 8. The van der Waals surface area contributed by atoms with E-state index in [1.165, 1.54) is 12.7 Å². The van der Waals surface area contributed by atoms with Crippen molar-refractivity contribution in [1.82, 2.24) is 35.9 Å². The van der Waals surface area contributed by atoms with E-state index in [9.17, 15) is 29.7 Å². The molecule has 1 saturated heterocycles. The molecular weight excluding hydrogens is 700 g/mol. The topological polar surface area (TPSA) is 242 Å². The van der Waals surface area contributed by atoms with Gasteiger partial charge in [0.05, 0.1) is 19.0 Å². The minimum Gasteiger partial charge on any atom is -0.449 e. The summed E-state index contributed by atoms with van der Waals surface area (Å²) in [7, 11) is 0. The second-order valence-electron chi connectivity index (χ2n) is 14.2. The minimum atomic E-state index is -1.61. The molecule has 2 aliphatic rings. The van der Waals surface area contributed by atoms with Crippen molar-refractivity contribution in [2.45, 2.75) is 88.2 Å². The second kappa shape index (κ2) is 16.8. The standard InChI is InChI=1S/C37H46N8O9/c1-37(2,3)54-35(50)38-15-9-8-14-25(43-36(51)52-17-24-22-12-6-4-10-20(22)21-11-5-7-13-23(21)24)33(49)44-27-26(16-46)53-34(30(48)29(27)47)45-32-28-31(40-18-39-28)41-19-42-32/h4-7,10-13,18-19,24-27,29-30,34,46-48H,8-9,14-17H2,1-3H3,(H,38,50)(H,43,51)(H,44,49)(H2,39,40,41,42,45)/t25-,26-,27-,29+,30-,34-/m0/s1. The van der Waals surface area contributed by atoms with Crippen molar-refractivity contribution in [3.63, 3.8) is 0 Å². The number of fused-ring (bicyclic) bond motifs is 4. The SMILES string of the molecule is CC(C)(C)OC(=O)NCCCC[C@H](NC(=O)OCC1c2ccccc2-c2ccccc21)C(=O)N[C@@H]1[C@@H](O)[C@H](O)[C@@H](Nc2ncnc3nc[nH]c23)O[C@H]1CO. The largest absolute Gasteiger partial charge is 0.449 e. The van der Waals surface area contributed by atoms with Crippen LogP contribution in [0.5, 0.6) is 0 Å². The molecule has 54 heavy (non-hydrogen) atoms. The number of aromatic nitrogens is 4. The third-order valence-electron chi connectivity index (χ3n) is 9.28. The van der Waals surface area contributed by atoms with Crippen LogP contribution < -0.4 is 21.3 Å². The number of anilines is 1. The van der Waals surface area contributed by atoms with E-state index in [1.54, 1.807) is 20.8 Å². The second-order valence-corrected chi connectivity index (χ2v) is 14.2. The number of rotatable bonds is 13. The van der Waals surface area contributed by atoms with E-state index in [1.807, 2.05) is 48.5 Å². The zero-order valence-electron chi connectivity index (χ0n) is 30.2. The molecule has 17 heteroatoms. The summed E-state index contributed by atoms with van der Waals surface area (Å²) < 4.78 is 16.9. The third kappa shape index (κ3) is 8.87. The third-order valence-corrected chi connectivity index (χ3v) is 9.28. The van der Waals surface area contributed by atoms with Crippen molar-refractivity contribution >= 4 is 35.1 Å². The molecular formula is C37H46N8O9. The van der Waals surface area contributed by atoms with Crippen LogP contribution in [-0.4, -0.2) is 115 Å². The predicted molar refractivity (Wildman–Crippen MR) is 195 cm³/mol. The van der Waals surface area contributed by atoms with Gasteiger partial charge >= 0.3 is 12.2 Å². The van der Waals surface area contributed by atoms with Gasteiger partial charge in [0.25, 0.3) is 0 Å². The molecule has 6 atom stereocenters. The van der Waals surface area contributed by atoms with Gasteiger partial charge in [0.2, 0.25) is 5.91 Å². The first-order chi connectivity index (χ1) is 25.9. The fourth-order valence-corrected chi connectivity index (χ4v) is 6.72. The molecule has 0 bridgehead atoms. The average molecular weight is 747 g/mol. The van der Waals surface area contributed by atoms with Gasteiger partial charge in [-0.25, -0.2) is 24.5 Å². The van der Waals surface area contributed by atoms with Crippen molar-refractivity contribution in [2.24, 2.45) is 0 Å². The number of ether oxygens (including phenoxy) is 3. The highest BCUT2D eigenvalue weighted by atomic mass is 16.6. The van der Waals surface area contributed by atoms with E-state index in [0.29, 0.717) is 24.0 Å². The Bertz CT molecular complexity index is 1890. The van der Waals surface area contributed by atoms with Gasteiger partial charge in [-0.15, -0.1) is 0 Å². The van der Waals surface area contributed by atoms with Crippen molar-refractivity contribution in [1.29, 1.82) is 0 Å². The zero-order valence-corrected chi connectivity index (χ0v) is 30.2. The summed E-state index contributed by atoms with van der Waals surface area (Å²) in [6, 6.07) is 13.4. The lowest BCUT2D eigenvalue weighted by molar-refractivity contribution is -0.185. The molecule has 17 nitrogen and oxygen atoms in total. The molecule has 0 saturated carbocycles. The number of imidazole rings is 1. The van der Waals surface area contributed by atoms with Crippen molar-refractivity contribution in [3.05, 3.63) is 72.3 Å². The molecule has 1 fully saturated rings. The maximum Gasteiger partial charge on any atom is 0.407 e. The van der Waals surface area contributed by atoms with E-state index in [2.05, 4.69) is 41.2 Å². The normalized spacial score (nSPS) is 21.4. The summed E-state index contributed by atoms with van der Waals surface area (Å²) in [5, 5.41) is 43.4. The Morgan fingerprint density at radius 3 is 2.33 bits per heavy atom. The first kappa shape index (κ1) is 38.4. The van der Waals surface area contributed by atoms with E-state index in [0.717, 1.165) is 22.3 Å². The van der Waals surface area contributed by atoms with Crippen LogP contribution in [0.4, 0.5) is 15.4 Å². The van der Waals surface area contributed by atoms with Crippen LogP contribution in [0.15, 0.2) is 61.2 Å². The number of nitrogens with zero attached hydrogens (tertiary/aromatic N) is 3. The van der Waals surface area contributed by atoms with Gasteiger partial charge < -0.3 is 55.8 Å². The van der Waals surface area contributed by atoms with E-state index in [4.69, 9.17) is 14.2 Å². The molecule has 2 aromatic heterocycles. The molecule has 8 N–H and O–H groups in total. The van der Waals surface area contributed by atoms with Crippen molar-refractivity contribution < 1.29 is 43.9 Å². The van der Waals surface area contributed by atoms with Gasteiger partial charge in [-0.3, -0.25) is 4.79 Å². The Kier molecular flexibility index (Phi) is 11.9. The summed E-state index contributed by atoms with van der Waals surface area (Å²) in [5.41, 5.74) is 4.32. The highest BCUT2D eigenvalue weighted by Gasteiger charge is 2.46. The Labute approximate surface area is 311 Å². The van der Waals surface area contributed by atoms with Crippen LogP contribution in [0.25, 0.3) is 22.3 Å². The Morgan fingerprint density at radius 2 is 1.65 bits per heavy atom. The number of unbranched alkanes of at least 4 members (excludes halogenated alkanes) is 1. The van der Waals surface area contributed by atoms with Gasteiger partial charge in [0.1, 0.15) is 48.4 Å². The van der Waals surface area contributed by atoms with Gasteiger partial charge in [-0.2, -0.15) is 0 Å². The van der Waals surface area contributed by atoms with Crippen LogP contribution >= 0.6 is 0 Å². The van der Waals surface area contributed by atoms with Gasteiger partial charge in [-0.05, 0) is 62.3 Å². The number of nitrogens with one attached hydrogen (secondary N) is 5.